The Morgan fingerprint density at radius 3 is 1.49 bits per heavy atom. The molecule has 1 amide bonds. The zero-order valence-electron chi connectivity index (χ0n) is 28.3. The molecule has 0 bridgehead atoms. The van der Waals surface area contributed by atoms with E-state index in [1.165, 1.54) is 103 Å². The summed E-state index contributed by atoms with van der Waals surface area (Å²) < 4.78 is 5.95. The highest BCUT2D eigenvalue weighted by Crippen LogP contribution is 2.18. The van der Waals surface area contributed by atoms with Crippen molar-refractivity contribution in [2.45, 2.75) is 200 Å². The van der Waals surface area contributed by atoms with Crippen molar-refractivity contribution in [1.82, 2.24) is 5.32 Å². The molecule has 0 aromatic heterocycles. The number of carbonyl (C=O) groups is 3. The highest BCUT2D eigenvalue weighted by atomic mass is 16.5. The van der Waals surface area contributed by atoms with Gasteiger partial charge in [0.05, 0.1) is 0 Å². The van der Waals surface area contributed by atoms with Gasteiger partial charge in [-0.3, -0.25) is 14.4 Å². The summed E-state index contributed by atoms with van der Waals surface area (Å²) in [5, 5.41) is 11.0. The van der Waals surface area contributed by atoms with Crippen LogP contribution in [0.5, 0.6) is 0 Å². The second-order valence-electron chi connectivity index (χ2n) is 12.5. The number of carbonyl (C=O) groups excluding carboxylic acids is 2. The van der Waals surface area contributed by atoms with Crippen LogP contribution in [0, 0.1) is 0 Å². The van der Waals surface area contributed by atoms with Crippen molar-refractivity contribution >= 4 is 17.8 Å². The monoisotopic (exact) mass is 608 g/mol. The number of carboxylic acids is 1. The van der Waals surface area contributed by atoms with Gasteiger partial charge in [-0.2, -0.15) is 0 Å². The van der Waals surface area contributed by atoms with E-state index in [0.29, 0.717) is 12.8 Å². The van der Waals surface area contributed by atoms with E-state index < -0.39 is 5.97 Å². The largest absolute Gasteiger partial charge is 0.480 e. The molecule has 0 saturated carbocycles. The van der Waals surface area contributed by atoms with Crippen LogP contribution >= 0.6 is 0 Å². The van der Waals surface area contributed by atoms with Crippen LogP contribution in [0.25, 0.3) is 0 Å². The molecule has 0 fully saturated rings. The molecular formula is C37H69NO5. The van der Waals surface area contributed by atoms with Crippen molar-refractivity contribution < 1.29 is 24.2 Å². The first kappa shape index (κ1) is 41.1. The van der Waals surface area contributed by atoms with Crippen molar-refractivity contribution in [1.29, 1.82) is 0 Å². The third-order valence-electron chi connectivity index (χ3n) is 8.19. The summed E-state index contributed by atoms with van der Waals surface area (Å²) in [5.41, 5.74) is 0. The molecule has 0 aliphatic rings. The fourth-order valence-corrected chi connectivity index (χ4v) is 5.45. The van der Waals surface area contributed by atoms with Gasteiger partial charge in [0.1, 0.15) is 12.6 Å². The van der Waals surface area contributed by atoms with Crippen LogP contribution in [0.2, 0.25) is 0 Å². The maximum atomic E-state index is 12.6. The van der Waals surface area contributed by atoms with Crippen LogP contribution in [-0.2, 0) is 19.1 Å². The number of esters is 1. The summed E-state index contributed by atoms with van der Waals surface area (Å²) in [7, 11) is 0. The van der Waals surface area contributed by atoms with Crippen molar-refractivity contribution in [2.24, 2.45) is 0 Å². The first-order valence-electron chi connectivity index (χ1n) is 18.3. The molecular weight excluding hydrogens is 538 g/mol. The lowest BCUT2D eigenvalue weighted by Crippen LogP contribution is -2.28. The summed E-state index contributed by atoms with van der Waals surface area (Å²) in [6.07, 6.45) is 36.2. The molecule has 43 heavy (non-hydrogen) atoms. The van der Waals surface area contributed by atoms with E-state index in [4.69, 9.17) is 9.84 Å². The summed E-state index contributed by atoms with van der Waals surface area (Å²) >= 11 is 0. The van der Waals surface area contributed by atoms with E-state index in [0.717, 1.165) is 64.2 Å². The maximum Gasteiger partial charge on any atom is 0.322 e. The molecule has 6 heteroatoms. The first-order chi connectivity index (χ1) is 21.0. The Morgan fingerprint density at radius 1 is 0.581 bits per heavy atom. The Balaban J connectivity index is 4.01. The smallest absolute Gasteiger partial charge is 0.322 e. The molecule has 0 aliphatic heterocycles. The molecule has 0 aromatic rings. The van der Waals surface area contributed by atoms with E-state index in [2.05, 4.69) is 31.3 Å². The molecule has 1 unspecified atom stereocenters. The Kier molecular flexibility index (Phi) is 31.6. The SMILES string of the molecule is CCCCCCCC/C=C\CCCCCCCC(=O)OC(CCCCCCCC)CCCCCCCC(=O)NCC(=O)O. The van der Waals surface area contributed by atoms with Gasteiger partial charge in [-0.15, -0.1) is 0 Å². The number of allylic oxidation sites excluding steroid dienone is 2. The van der Waals surface area contributed by atoms with Crippen LogP contribution in [-0.4, -0.2) is 35.6 Å². The number of hydrogen-bond acceptors (Lipinski definition) is 4. The van der Waals surface area contributed by atoms with E-state index in [1.807, 2.05) is 0 Å². The minimum Gasteiger partial charge on any atom is -0.480 e. The maximum absolute atomic E-state index is 12.6. The minimum atomic E-state index is -1.02. The van der Waals surface area contributed by atoms with E-state index in [-0.39, 0.29) is 24.5 Å². The molecule has 0 spiro atoms. The quantitative estimate of drug-likeness (QED) is 0.0440. The summed E-state index contributed by atoms with van der Waals surface area (Å²) in [6, 6.07) is 0. The zero-order valence-corrected chi connectivity index (χ0v) is 28.3. The molecule has 252 valence electrons. The number of hydrogen-bond donors (Lipinski definition) is 2. The molecule has 0 aliphatic carbocycles. The van der Waals surface area contributed by atoms with Crippen molar-refractivity contribution in [2.75, 3.05) is 6.54 Å². The number of amides is 1. The Labute approximate surface area is 265 Å². The van der Waals surface area contributed by atoms with Crippen LogP contribution < -0.4 is 5.32 Å². The summed E-state index contributed by atoms with van der Waals surface area (Å²) in [5.74, 6) is -1.24. The second kappa shape index (κ2) is 33.1. The predicted molar refractivity (Wildman–Crippen MR) is 180 cm³/mol. The van der Waals surface area contributed by atoms with Gasteiger partial charge >= 0.3 is 11.9 Å². The normalized spacial score (nSPS) is 12.0. The number of unbranched alkanes of at least 4 members (excludes halogenated alkanes) is 20. The zero-order chi connectivity index (χ0) is 31.6. The summed E-state index contributed by atoms with van der Waals surface area (Å²) in [6.45, 7) is 4.19. The highest BCUT2D eigenvalue weighted by Gasteiger charge is 2.14. The van der Waals surface area contributed by atoms with Crippen molar-refractivity contribution in [3.05, 3.63) is 12.2 Å². The van der Waals surface area contributed by atoms with Crippen molar-refractivity contribution in [3.8, 4) is 0 Å². The van der Waals surface area contributed by atoms with Crippen LogP contribution in [0.4, 0.5) is 0 Å². The van der Waals surface area contributed by atoms with Gasteiger partial charge < -0.3 is 15.2 Å². The molecule has 0 rings (SSSR count). The Morgan fingerprint density at radius 2 is 1.00 bits per heavy atom. The molecule has 2 N–H and O–H groups in total. The van der Waals surface area contributed by atoms with E-state index in [1.54, 1.807) is 0 Å². The standard InChI is InChI=1S/C37H69NO5/c1-3-5-7-9-11-12-13-14-15-16-17-18-19-24-28-32-37(42)43-34(29-25-21-10-8-6-4-2)30-26-22-20-23-27-31-35(39)38-33-36(40)41/h14-15,34H,3-13,16-33H2,1-2H3,(H,38,39)(H,40,41)/b15-14-. The average Bonchev–Trinajstić information content (AvgIpc) is 2.99. The van der Waals surface area contributed by atoms with Crippen LogP contribution in [0.3, 0.4) is 0 Å². The van der Waals surface area contributed by atoms with Gasteiger partial charge in [0.15, 0.2) is 0 Å². The number of ether oxygens (including phenoxy) is 1. The van der Waals surface area contributed by atoms with Crippen LogP contribution in [0.15, 0.2) is 12.2 Å². The lowest BCUT2D eigenvalue weighted by Gasteiger charge is -2.18. The summed E-state index contributed by atoms with van der Waals surface area (Å²) in [4.78, 5) is 34.7. The Hall–Kier alpha value is -1.85. The highest BCUT2D eigenvalue weighted by molar-refractivity contribution is 5.80. The molecule has 0 heterocycles. The minimum absolute atomic E-state index is 0.0269. The molecule has 0 aromatic carbocycles. The first-order valence-corrected chi connectivity index (χ1v) is 18.3. The number of aliphatic carboxylic acids is 1. The average molecular weight is 608 g/mol. The van der Waals surface area contributed by atoms with Gasteiger partial charge in [0.2, 0.25) is 5.91 Å². The van der Waals surface area contributed by atoms with Gasteiger partial charge in [0.25, 0.3) is 0 Å². The lowest BCUT2D eigenvalue weighted by molar-refractivity contribution is -0.150. The van der Waals surface area contributed by atoms with Gasteiger partial charge in [-0.1, -0.05) is 129 Å². The van der Waals surface area contributed by atoms with E-state index in [9.17, 15) is 14.4 Å². The van der Waals surface area contributed by atoms with Crippen molar-refractivity contribution in [3.63, 3.8) is 0 Å². The molecule has 0 saturated heterocycles. The second-order valence-corrected chi connectivity index (χ2v) is 12.5. The number of carboxylic acid groups (broad SMARTS) is 1. The van der Waals surface area contributed by atoms with Crippen LogP contribution in [0.1, 0.15) is 194 Å². The molecule has 1 atom stereocenters. The fourth-order valence-electron chi connectivity index (χ4n) is 5.45. The molecule has 0 radical (unpaired) electrons. The number of rotatable bonds is 33. The molecule has 6 nitrogen and oxygen atoms in total. The number of nitrogens with one attached hydrogen (secondary N) is 1. The van der Waals surface area contributed by atoms with Gasteiger partial charge in [0, 0.05) is 12.8 Å². The topological polar surface area (TPSA) is 92.7 Å². The Bertz CT molecular complexity index is 678. The van der Waals surface area contributed by atoms with Gasteiger partial charge in [-0.05, 0) is 64.2 Å². The third kappa shape index (κ3) is 32.9. The fraction of sp³-hybridized carbons (Fsp3) is 0.865. The van der Waals surface area contributed by atoms with E-state index >= 15 is 0 Å². The third-order valence-corrected chi connectivity index (χ3v) is 8.19. The lowest BCUT2D eigenvalue weighted by atomic mass is 10.0. The van der Waals surface area contributed by atoms with Gasteiger partial charge in [-0.25, -0.2) is 0 Å². The predicted octanol–water partition coefficient (Wildman–Crippen LogP) is 10.6.